The maximum Gasteiger partial charge on any atom is 0.335 e. The normalized spacial score (nSPS) is 11.1. The summed E-state index contributed by atoms with van der Waals surface area (Å²) < 4.78 is 2.16. The first-order valence-corrected chi connectivity index (χ1v) is 9.45. The largest absolute Gasteiger partial charge is 0.478 e. The fourth-order valence-corrected chi connectivity index (χ4v) is 3.71. The van der Waals surface area contributed by atoms with Crippen LogP contribution in [-0.2, 0) is 13.0 Å². The fourth-order valence-electron chi connectivity index (χ4n) is 3.49. The van der Waals surface area contributed by atoms with Crippen molar-refractivity contribution in [1.82, 2.24) is 9.55 Å². The van der Waals surface area contributed by atoms with Gasteiger partial charge in [0.25, 0.3) is 0 Å². The molecule has 0 amide bonds. The topological polar surface area (TPSA) is 55.1 Å². The third-order valence-corrected chi connectivity index (χ3v) is 5.17. The Bertz CT molecular complexity index is 1180. The van der Waals surface area contributed by atoms with Crippen molar-refractivity contribution in [2.24, 2.45) is 0 Å². The van der Waals surface area contributed by atoms with E-state index in [0.29, 0.717) is 0 Å². The number of rotatable bonds is 5. The highest BCUT2D eigenvalue weighted by molar-refractivity contribution is 6.30. The molecule has 4 rings (SSSR count). The van der Waals surface area contributed by atoms with Gasteiger partial charge in [0.15, 0.2) is 0 Å². The summed E-state index contributed by atoms with van der Waals surface area (Å²) >= 11 is 6.08. The van der Waals surface area contributed by atoms with Crippen LogP contribution in [0.3, 0.4) is 0 Å². The van der Waals surface area contributed by atoms with Gasteiger partial charge >= 0.3 is 5.97 Å². The zero-order chi connectivity index (χ0) is 19.7. The number of hydrogen-bond acceptors (Lipinski definition) is 2. The van der Waals surface area contributed by atoms with E-state index in [1.54, 1.807) is 18.2 Å². The lowest BCUT2D eigenvalue weighted by atomic mass is 10.1. The maximum absolute atomic E-state index is 11.4. The standard InChI is InChI=1S/C23H19ClN2O2/c1-15-13-19(24)10-9-16(15)11-12-26-21-8-3-2-7-20(21)25-22(26)17-5-4-6-18(14-17)23(27)28/h2-10,13-14H,11-12H2,1H3,(H,27,28). The number of nitrogens with zero attached hydrogens (tertiary/aromatic N) is 2. The quantitative estimate of drug-likeness (QED) is 0.482. The fraction of sp³-hybridized carbons (Fsp3) is 0.130. The SMILES string of the molecule is Cc1cc(Cl)ccc1CCn1c(-c2cccc(C(=O)O)c2)nc2ccccc21. The lowest BCUT2D eigenvalue weighted by Crippen LogP contribution is -2.05. The van der Waals surface area contributed by atoms with Gasteiger partial charge in [0.1, 0.15) is 5.82 Å². The van der Waals surface area contributed by atoms with Crippen LogP contribution in [0.5, 0.6) is 0 Å². The molecule has 1 N–H and O–H groups in total. The second-order valence-electron chi connectivity index (χ2n) is 6.78. The highest BCUT2D eigenvalue weighted by Gasteiger charge is 2.14. The summed E-state index contributed by atoms with van der Waals surface area (Å²) in [5.74, 6) is -0.169. The second kappa shape index (κ2) is 7.49. The third-order valence-electron chi connectivity index (χ3n) is 4.93. The first-order chi connectivity index (χ1) is 13.5. The van der Waals surface area contributed by atoms with E-state index in [9.17, 15) is 9.90 Å². The van der Waals surface area contributed by atoms with Crippen molar-refractivity contribution in [2.45, 2.75) is 19.9 Å². The predicted octanol–water partition coefficient (Wildman–Crippen LogP) is 5.61. The van der Waals surface area contributed by atoms with Gasteiger partial charge in [-0.25, -0.2) is 9.78 Å². The first kappa shape index (κ1) is 18.3. The van der Waals surface area contributed by atoms with E-state index in [-0.39, 0.29) is 5.56 Å². The zero-order valence-corrected chi connectivity index (χ0v) is 16.1. The van der Waals surface area contributed by atoms with Gasteiger partial charge in [-0.05, 0) is 60.9 Å². The van der Waals surface area contributed by atoms with E-state index in [2.05, 4.69) is 17.6 Å². The van der Waals surface area contributed by atoms with Gasteiger partial charge in [-0.1, -0.05) is 41.9 Å². The highest BCUT2D eigenvalue weighted by atomic mass is 35.5. The second-order valence-corrected chi connectivity index (χ2v) is 7.22. The molecule has 0 aliphatic heterocycles. The summed E-state index contributed by atoms with van der Waals surface area (Å²) in [5.41, 5.74) is 5.36. The lowest BCUT2D eigenvalue weighted by Gasteiger charge is -2.12. The van der Waals surface area contributed by atoms with Crippen LogP contribution in [0.1, 0.15) is 21.5 Å². The number of carboxylic acid groups (broad SMARTS) is 1. The van der Waals surface area contributed by atoms with E-state index in [1.165, 1.54) is 5.56 Å². The van der Waals surface area contributed by atoms with Crippen molar-refractivity contribution >= 4 is 28.6 Å². The number of benzene rings is 3. The van der Waals surface area contributed by atoms with E-state index < -0.39 is 5.97 Å². The molecule has 0 aliphatic rings. The number of carbonyl (C=O) groups is 1. The monoisotopic (exact) mass is 390 g/mol. The van der Waals surface area contributed by atoms with Gasteiger partial charge < -0.3 is 9.67 Å². The molecular formula is C23H19ClN2O2. The molecule has 0 atom stereocenters. The molecule has 0 aliphatic carbocycles. The average Bonchev–Trinajstić information content (AvgIpc) is 3.06. The molecule has 0 saturated heterocycles. The van der Waals surface area contributed by atoms with Crippen molar-refractivity contribution < 1.29 is 9.90 Å². The molecule has 4 nitrogen and oxygen atoms in total. The molecule has 0 fully saturated rings. The Morgan fingerprint density at radius 2 is 1.89 bits per heavy atom. The Labute approximate surface area is 168 Å². The number of imidazole rings is 1. The Kier molecular flexibility index (Phi) is 4.88. The van der Waals surface area contributed by atoms with Crippen molar-refractivity contribution in [3.05, 3.63) is 88.4 Å². The van der Waals surface area contributed by atoms with Crippen LogP contribution in [0.4, 0.5) is 0 Å². The molecule has 0 spiro atoms. The number of hydrogen-bond donors (Lipinski definition) is 1. The van der Waals surface area contributed by atoms with E-state index in [0.717, 1.165) is 46.0 Å². The summed E-state index contributed by atoms with van der Waals surface area (Å²) in [4.78, 5) is 16.2. The molecule has 3 aromatic carbocycles. The molecule has 140 valence electrons. The minimum atomic E-state index is -0.943. The minimum Gasteiger partial charge on any atom is -0.478 e. The Morgan fingerprint density at radius 1 is 1.07 bits per heavy atom. The van der Waals surface area contributed by atoms with Gasteiger partial charge in [-0.15, -0.1) is 0 Å². The van der Waals surface area contributed by atoms with Crippen molar-refractivity contribution in [1.29, 1.82) is 0 Å². The van der Waals surface area contributed by atoms with Crippen molar-refractivity contribution in [2.75, 3.05) is 0 Å². The summed E-state index contributed by atoms with van der Waals surface area (Å²) in [7, 11) is 0. The predicted molar refractivity (Wildman–Crippen MR) is 112 cm³/mol. The number of aryl methyl sites for hydroxylation is 3. The molecule has 0 bridgehead atoms. The van der Waals surface area contributed by atoms with Crippen LogP contribution in [-0.4, -0.2) is 20.6 Å². The van der Waals surface area contributed by atoms with Crippen LogP contribution >= 0.6 is 11.6 Å². The van der Waals surface area contributed by atoms with Crippen molar-refractivity contribution in [3.63, 3.8) is 0 Å². The minimum absolute atomic E-state index is 0.254. The number of para-hydroxylation sites is 2. The van der Waals surface area contributed by atoms with Gasteiger partial charge in [-0.3, -0.25) is 0 Å². The lowest BCUT2D eigenvalue weighted by molar-refractivity contribution is 0.0697. The molecule has 1 aromatic heterocycles. The summed E-state index contributed by atoms with van der Waals surface area (Å²) in [6, 6.07) is 20.8. The summed E-state index contributed by atoms with van der Waals surface area (Å²) in [5, 5.41) is 10.1. The third kappa shape index (κ3) is 3.51. The first-order valence-electron chi connectivity index (χ1n) is 9.07. The molecule has 0 saturated carbocycles. The molecule has 1 heterocycles. The number of halogens is 1. The molecule has 0 unspecified atom stereocenters. The van der Waals surface area contributed by atoms with Gasteiger partial charge in [-0.2, -0.15) is 0 Å². The molecule has 0 radical (unpaired) electrons. The van der Waals surface area contributed by atoms with Crippen molar-refractivity contribution in [3.8, 4) is 11.4 Å². The van der Waals surface area contributed by atoms with Gasteiger partial charge in [0.05, 0.1) is 16.6 Å². The average molecular weight is 391 g/mol. The molecule has 4 aromatic rings. The van der Waals surface area contributed by atoms with Gasteiger partial charge in [0.2, 0.25) is 0 Å². The number of carboxylic acids is 1. The Morgan fingerprint density at radius 3 is 2.68 bits per heavy atom. The van der Waals surface area contributed by atoms with E-state index in [4.69, 9.17) is 16.6 Å². The van der Waals surface area contributed by atoms with Crippen LogP contribution in [0.2, 0.25) is 5.02 Å². The highest BCUT2D eigenvalue weighted by Crippen LogP contribution is 2.26. The van der Waals surface area contributed by atoms with Crippen LogP contribution in [0.15, 0.2) is 66.7 Å². The van der Waals surface area contributed by atoms with Crippen LogP contribution in [0, 0.1) is 6.92 Å². The van der Waals surface area contributed by atoms with Crippen LogP contribution < -0.4 is 0 Å². The van der Waals surface area contributed by atoms with Gasteiger partial charge in [0, 0.05) is 17.1 Å². The number of aromatic nitrogens is 2. The molecular weight excluding hydrogens is 372 g/mol. The van der Waals surface area contributed by atoms with E-state index in [1.807, 2.05) is 42.5 Å². The number of aromatic carboxylic acids is 1. The Balaban J connectivity index is 1.77. The maximum atomic E-state index is 11.4. The zero-order valence-electron chi connectivity index (χ0n) is 15.4. The van der Waals surface area contributed by atoms with E-state index >= 15 is 0 Å². The van der Waals surface area contributed by atoms with Crippen LogP contribution in [0.25, 0.3) is 22.4 Å². The molecule has 28 heavy (non-hydrogen) atoms. The Hall–Kier alpha value is -3.11. The number of fused-ring (bicyclic) bond motifs is 1. The molecule has 5 heteroatoms. The smallest absolute Gasteiger partial charge is 0.335 e. The summed E-state index contributed by atoms with van der Waals surface area (Å²) in [6.07, 6.45) is 0.828. The summed E-state index contributed by atoms with van der Waals surface area (Å²) in [6.45, 7) is 2.79.